The standard InChI is InChI=1S/C10H13ClN2O2S/c11-9-3-5-10(6-4-9)12-16(14,15)13-7-1-2-8-13/h3-6,12H,1-2,7-8H2. The molecule has 88 valence electrons. The largest absolute Gasteiger partial charge is 0.301 e. The molecule has 1 aromatic rings. The van der Waals surface area contributed by atoms with Crippen molar-refractivity contribution in [2.45, 2.75) is 12.8 Å². The molecule has 0 radical (unpaired) electrons. The van der Waals surface area contributed by atoms with E-state index >= 15 is 0 Å². The third-order valence-electron chi connectivity index (χ3n) is 2.50. The van der Waals surface area contributed by atoms with Crippen LogP contribution in [0.1, 0.15) is 12.8 Å². The Balaban J connectivity index is 2.11. The van der Waals surface area contributed by atoms with Gasteiger partial charge in [-0.05, 0) is 37.1 Å². The third kappa shape index (κ3) is 2.66. The van der Waals surface area contributed by atoms with Gasteiger partial charge in [0.15, 0.2) is 0 Å². The fourth-order valence-electron chi connectivity index (χ4n) is 1.66. The molecule has 1 aliphatic rings. The van der Waals surface area contributed by atoms with Gasteiger partial charge >= 0.3 is 10.2 Å². The van der Waals surface area contributed by atoms with Crippen molar-refractivity contribution in [1.82, 2.24) is 4.31 Å². The first-order chi connectivity index (χ1) is 7.58. The van der Waals surface area contributed by atoms with Crippen LogP contribution in [-0.4, -0.2) is 25.8 Å². The van der Waals surface area contributed by atoms with Crippen LogP contribution in [0.5, 0.6) is 0 Å². The minimum absolute atomic E-state index is 0.538. The van der Waals surface area contributed by atoms with Gasteiger partial charge in [-0.2, -0.15) is 12.7 Å². The van der Waals surface area contributed by atoms with Gasteiger partial charge in [-0.3, -0.25) is 4.72 Å². The second-order valence-electron chi connectivity index (χ2n) is 3.72. The number of anilines is 1. The molecule has 1 aliphatic heterocycles. The number of hydrogen-bond acceptors (Lipinski definition) is 2. The highest BCUT2D eigenvalue weighted by molar-refractivity contribution is 7.90. The highest BCUT2D eigenvalue weighted by atomic mass is 35.5. The Hall–Kier alpha value is -0.780. The molecule has 0 amide bonds. The van der Waals surface area contributed by atoms with Crippen LogP contribution in [0.25, 0.3) is 0 Å². The molecule has 1 fully saturated rings. The summed E-state index contributed by atoms with van der Waals surface area (Å²) in [6.07, 6.45) is 1.86. The summed E-state index contributed by atoms with van der Waals surface area (Å²) in [5.41, 5.74) is 0.538. The fourth-order valence-corrected chi connectivity index (χ4v) is 3.09. The van der Waals surface area contributed by atoms with Crippen LogP contribution >= 0.6 is 11.6 Å². The average Bonchev–Trinajstić information content (AvgIpc) is 2.75. The highest BCUT2D eigenvalue weighted by Crippen LogP contribution is 2.18. The summed E-state index contributed by atoms with van der Waals surface area (Å²) in [5.74, 6) is 0. The molecule has 0 atom stereocenters. The van der Waals surface area contributed by atoms with Crippen LogP contribution in [0, 0.1) is 0 Å². The number of nitrogens with zero attached hydrogens (tertiary/aromatic N) is 1. The first kappa shape index (κ1) is 11.7. The minimum atomic E-state index is -3.39. The smallest absolute Gasteiger partial charge is 0.271 e. The molecule has 1 heterocycles. The summed E-state index contributed by atoms with van der Waals surface area (Å²) < 4.78 is 27.7. The molecule has 1 N–H and O–H groups in total. The van der Waals surface area contributed by atoms with Crippen LogP contribution in [0.2, 0.25) is 5.02 Å². The van der Waals surface area contributed by atoms with Crippen LogP contribution in [-0.2, 0) is 10.2 Å². The van der Waals surface area contributed by atoms with E-state index in [2.05, 4.69) is 4.72 Å². The topological polar surface area (TPSA) is 49.4 Å². The van der Waals surface area contributed by atoms with Gasteiger partial charge < -0.3 is 0 Å². The molecule has 0 aliphatic carbocycles. The van der Waals surface area contributed by atoms with Crippen LogP contribution < -0.4 is 4.72 Å². The Kier molecular flexibility index (Phi) is 3.37. The van der Waals surface area contributed by atoms with E-state index in [4.69, 9.17) is 11.6 Å². The van der Waals surface area contributed by atoms with Crippen molar-refractivity contribution in [3.05, 3.63) is 29.3 Å². The number of hydrogen-bond donors (Lipinski definition) is 1. The Labute approximate surface area is 100 Å². The summed E-state index contributed by atoms with van der Waals surface area (Å²) in [7, 11) is -3.39. The number of benzene rings is 1. The molecule has 0 unspecified atom stereocenters. The van der Waals surface area contributed by atoms with Crippen LogP contribution in [0.3, 0.4) is 0 Å². The average molecular weight is 261 g/mol. The summed E-state index contributed by atoms with van der Waals surface area (Å²) in [6, 6.07) is 6.61. The summed E-state index contributed by atoms with van der Waals surface area (Å²) in [5, 5.41) is 0.587. The molecule has 6 heteroatoms. The fraction of sp³-hybridized carbons (Fsp3) is 0.400. The first-order valence-electron chi connectivity index (χ1n) is 5.11. The maximum atomic E-state index is 11.9. The van der Waals surface area contributed by atoms with E-state index in [1.165, 1.54) is 4.31 Å². The number of nitrogens with one attached hydrogen (secondary N) is 1. The maximum absolute atomic E-state index is 11.9. The van der Waals surface area contributed by atoms with E-state index in [-0.39, 0.29) is 0 Å². The molecule has 2 rings (SSSR count). The Bertz CT molecular complexity index is 452. The lowest BCUT2D eigenvalue weighted by Gasteiger charge is -2.16. The predicted molar refractivity (Wildman–Crippen MR) is 64.8 cm³/mol. The molecule has 0 bridgehead atoms. The predicted octanol–water partition coefficient (Wildman–Crippen LogP) is 2.09. The summed E-state index contributed by atoms with van der Waals surface area (Å²) >= 11 is 5.72. The van der Waals surface area contributed by atoms with Gasteiger partial charge in [0.25, 0.3) is 0 Å². The van der Waals surface area contributed by atoms with Crippen molar-refractivity contribution in [1.29, 1.82) is 0 Å². The van der Waals surface area contributed by atoms with E-state index in [9.17, 15) is 8.42 Å². The maximum Gasteiger partial charge on any atom is 0.301 e. The normalized spacial score (nSPS) is 17.6. The number of rotatable bonds is 3. The zero-order valence-electron chi connectivity index (χ0n) is 8.69. The monoisotopic (exact) mass is 260 g/mol. The SMILES string of the molecule is O=S(=O)(Nc1ccc(Cl)cc1)N1CCCC1. The zero-order chi connectivity index (χ0) is 11.6. The van der Waals surface area contributed by atoms with Crippen molar-refractivity contribution in [3.8, 4) is 0 Å². The van der Waals surface area contributed by atoms with E-state index in [0.29, 0.717) is 23.8 Å². The Morgan fingerprint density at radius 3 is 2.25 bits per heavy atom. The van der Waals surface area contributed by atoms with Gasteiger partial charge in [-0.15, -0.1) is 0 Å². The van der Waals surface area contributed by atoms with Crippen molar-refractivity contribution >= 4 is 27.5 Å². The van der Waals surface area contributed by atoms with Crippen LogP contribution in [0.15, 0.2) is 24.3 Å². The summed E-state index contributed by atoms with van der Waals surface area (Å²) in [4.78, 5) is 0. The van der Waals surface area contributed by atoms with Gasteiger partial charge in [-0.25, -0.2) is 0 Å². The van der Waals surface area contributed by atoms with Crippen molar-refractivity contribution in [3.63, 3.8) is 0 Å². The molecular formula is C10H13ClN2O2S. The number of halogens is 1. The van der Waals surface area contributed by atoms with E-state index in [1.54, 1.807) is 24.3 Å². The van der Waals surface area contributed by atoms with E-state index < -0.39 is 10.2 Å². The zero-order valence-corrected chi connectivity index (χ0v) is 10.3. The van der Waals surface area contributed by atoms with E-state index in [0.717, 1.165) is 12.8 Å². The highest BCUT2D eigenvalue weighted by Gasteiger charge is 2.24. The van der Waals surface area contributed by atoms with Gasteiger partial charge in [0, 0.05) is 23.8 Å². The first-order valence-corrected chi connectivity index (χ1v) is 6.93. The lowest BCUT2D eigenvalue weighted by molar-refractivity contribution is 0.482. The van der Waals surface area contributed by atoms with Gasteiger partial charge in [-0.1, -0.05) is 11.6 Å². The second kappa shape index (κ2) is 4.61. The quantitative estimate of drug-likeness (QED) is 0.905. The lowest BCUT2D eigenvalue weighted by atomic mass is 10.3. The molecule has 0 spiro atoms. The van der Waals surface area contributed by atoms with E-state index in [1.807, 2.05) is 0 Å². The van der Waals surface area contributed by atoms with Gasteiger partial charge in [0.05, 0.1) is 0 Å². The molecule has 0 saturated carbocycles. The lowest BCUT2D eigenvalue weighted by Crippen LogP contribution is -2.33. The third-order valence-corrected chi connectivity index (χ3v) is 4.29. The molecule has 4 nitrogen and oxygen atoms in total. The molecule has 1 saturated heterocycles. The summed E-state index contributed by atoms with van der Waals surface area (Å²) in [6.45, 7) is 1.20. The molecule has 16 heavy (non-hydrogen) atoms. The molecular weight excluding hydrogens is 248 g/mol. The van der Waals surface area contributed by atoms with Crippen molar-refractivity contribution < 1.29 is 8.42 Å². The van der Waals surface area contributed by atoms with Crippen LogP contribution in [0.4, 0.5) is 5.69 Å². The Morgan fingerprint density at radius 1 is 1.12 bits per heavy atom. The molecule has 0 aromatic heterocycles. The van der Waals surface area contributed by atoms with Gasteiger partial charge in [0.2, 0.25) is 0 Å². The van der Waals surface area contributed by atoms with Crippen molar-refractivity contribution in [2.24, 2.45) is 0 Å². The van der Waals surface area contributed by atoms with Crippen molar-refractivity contribution in [2.75, 3.05) is 17.8 Å². The Morgan fingerprint density at radius 2 is 1.69 bits per heavy atom. The molecule has 1 aromatic carbocycles. The minimum Gasteiger partial charge on any atom is -0.271 e. The second-order valence-corrected chi connectivity index (χ2v) is 5.83. The van der Waals surface area contributed by atoms with Gasteiger partial charge in [0.1, 0.15) is 0 Å².